The zero-order valence-corrected chi connectivity index (χ0v) is 10.8. The van der Waals surface area contributed by atoms with Crippen molar-refractivity contribution in [2.45, 2.75) is 51.1 Å². The van der Waals surface area contributed by atoms with E-state index in [1.54, 1.807) is 0 Å². The normalized spacial score (nSPS) is 27.9. The lowest BCUT2D eigenvalue weighted by atomic mass is 9.95. The molecule has 1 atom stereocenters. The van der Waals surface area contributed by atoms with Crippen LogP contribution in [0.4, 0.5) is 0 Å². The van der Waals surface area contributed by atoms with Crippen LogP contribution in [0.25, 0.3) is 0 Å². The Morgan fingerprint density at radius 2 is 2.06 bits per heavy atom. The van der Waals surface area contributed by atoms with Crippen molar-refractivity contribution in [2.24, 2.45) is 0 Å². The average molecular weight is 240 g/mol. The molecule has 0 bridgehead atoms. The molecular weight excluding hydrogens is 216 g/mol. The first-order valence-electron chi connectivity index (χ1n) is 6.96. The molecule has 0 aromatic rings. The summed E-state index contributed by atoms with van der Waals surface area (Å²) in [7, 11) is 0. The molecule has 0 amide bonds. The van der Waals surface area contributed by atoms with Crippen molar-refractivity contribution in [1.29, 1.82) is 0 Å². The van der Waals surface area contributed by atoms with Gasteiger partial charge in [0.05, 0.1) is 6.61 Å². The molecule has 1 N–H and O–H groups in total. The molecule has 2 saturated heterocycles. The lowest BCUT2D eigenvalue weighted by molar-refractivity contribution is -0.152. The van der Waals surface area contributed by atoms with Gasteiger partial charge in [0.1, 0.15) is 6.04 Å². The first-order chi connectivity index (χ1) is 8.33. The first-order valence-corrected chi connectivity index (χ1v) is 6.96. The number of carbonyl (C=O) groups excluding carboxylic acids is 1. The fourth-order valence-electron chi connectivity index (χ4n) is 3.02. The smallest absolute Gasteiger partial charge is 0.323 e. The van der Waals surface area contributed by atoms with E-state index in [9.17, 15) is 4.79 Å². The maximum Gasteiger partial charge on any atom is 0.323 e. The van der Waals surface area contributed by atoms with Gasteiger partial charge in [0.2, 0.25) is 0 Å². The van der Waals surface area contributed by atoms with E-state index in [0.717, 1.165) is 45.3 Å². The van der Waals surface area contributed by atoms with Crippen LogP contribution < -0.4 is 5.32 Å². The lowest BCUT2D eigenvalue weighted by Crippen LogP contribution is -2.53. The summed E-state index contributed by atoms with van der Waals surface area (Å²) in [5.41, 5.74) is 0. The highest BCUT2D eigenvalue weighted by Gasteiger charge is 2.34. The number of ether oxygens (including phenoxy) is 1. The van der Waals surface area contributed by atoms with Gasteiger partial charge in [0, 0.05) is 6.04 Å². The predicted molar refractivity (Wildman–Crippen MR) is 66.9 cm³/mol. The van der Waals surface area contributed by atoms with Crippen LogP contribution in [0.1, 0.15) is 39.0 Å². The number of nitrogens with zero attached hydrogens (tertiary/aromatic N) is 1. The van der Waals surface area contributed by atoms with E-state index < -0.39 is 0 Å². The van der Waals surface area contributed by atoms with Gasteiger partial charge in [-0.25, -0.2) is 0 Å². The second-order valence-corrected chi connectivity index (χ2v) is 4.98. The fourth-order valence-corrected chi connectivity index (χ4v) is 3.02. The summed E-state index contributed by atoms with van der Waals surface area (Å²) in [4.78, 5) is 14.4. The van der Waals surface area contributed by atoms with Crippen molar-refractivity contribution >= 4 is 5.97 Å². The highest BCUT2D eigenvalue weighted by Crippen LogP contribution is 2.24. The zero-order valence-electron chi connectivity index (χ0n) is 10.8. The van der Waals surface area contributed by atoms with Crippen molar-refractivity contribution in [1.82, 2.24) is 10.2 Å². The third kappa shape index (κ3) is 3.19. The highest BCUT2D eigenvalue weighted by molar-refractivity contribution is 5.75. The van der Waals surface area contributed by atoms with E-state index in [2.05, 4.69) is 10.2 Å². The summed E-state index contributed by atoms with van der Waals surface area (Å²) in [6, 6.07) is 0.595. The van der Waals surface area contributed by atoms with Gasteiger partial charge in [-0.1, -0.05) is 6.42 Å². The van der Waals surface area contributed by atoms with Crippen LogP contribution >= 0.6 is 0 Å². The van der Waals surface area contributed by atoms with Crippen molar-refractivity contribution < 1.29 is 9.53 Å². The largest absolute Gasteiger partial charge is 0.465 e. The number of likely N-dealkylation sites (tertiary alicyclic amines) is 1. The molecule has 2 aliphatic rings. The fraction of sp³-hybridized carbons (Fsp3) is 0.923. The summed E-state index contributed by atoms with van der Waals surface area (Å²) in [5, 5.41) is 3.38. The van der Waals surface area contributed by atoms with Crippen LogP contribution in [-0.2, 0) is 9.53 Å². The number of rotatable bonds is 3. The molecule has 98 valence electrons. The Hall–Kier alpha value is -0.610. The average Bonchev–Trinajstić information content (AvgIpc) is 2.40. The second kappa shape index (κ2) is 6.36. The summed E-state index contributed by atoms with van der Waals surface area (Å²) in [5.74, 6) is -0.00858. The number of hydrogen-bond donors (Lipinski definition) is 1. The van der Waals surface area contributed by atoms with Gasteiger partial charge in [0.25, 0.3) is 0 Å². The van der Waals surface area contributed by atoms with E-state index in [-0.39, 0.29) is 12.0 Å². The maximum atomic E-state index is 12.0. The Morgan fingerprint density at radius 3 is 2.76 bits per heavy atom. The molecule has 0 radical (unpaired) electrons. The van der Waals surface area contributed by atoms with Gasteiger partial charge in [-0.3, -0.25) is 9.69 Å². The van der Waals surface area contributed by atoms with Crippen molar-refractivity contribution in [3.63, 3.8) is 0 Å². The molecule has 4 nitrogen and oxygen atoms in total. The molecule has 0 spiro atoms. The Kier molecular flexibility index (Phi) is 4.80. The summed E-state index contributed by atoms with van der Waals surface area (Å²) >= 11 is 0. The Morgan fingerprint density at radius 1 is 1.29 bits per heavy atom. The Balaban J connectivity index is 1.97. The van der Waals surface area contributed by atoms with Gasteiger partial charge in [-0.05, 0) is 52.2 Å². The zero-order chi connectivity index (χ0) is 12.1. The minimum Gasteiger partial charge on any atom is -0.465 e. The number of hydrogen-bond acceptors (Lipinski definition) is 4. The number of nitrogens with one attached hydrogen (secondary N) is 1. The number of piperidine rings is 2. The first kappa shape index (κ1) is 12.8. The quantitative estimate of drug-likeness (QED) is 0.752. The number of esters is 1. The van der Waals surface area contributed by atoms with Crippen LogP contribution in [0.2, 0.25) is 0 Å². The van der Waals surface area contributed by atoms with E-state index in [0.29, 0.717) is 12.6 Å². The molecule has 0 aliphatic carbocycles. The Labute approximate surface area is 104 Å². The molecule has 2 aliphatic heterocycles. The van der Waals surface area contributed by atoms with Gasteiger partial charge in [-0.15, -0.1) is 0 Å². The van der Waals surface area contributed by atoms with Crippen LogP contribution in [0, 0.1) is 0 Å². The van der Waals surface area contributed by atoms with Gasteiger partial charge in [-0.2, -0.15) is 0 Å². The highest BCUT2D eigenvalue weighted by atomic mass is 16.5. The van der Waals surface area contributed by atoms with E-state index >= 15 is 0 Å². The Bertz CT molecular complexity index is 252. The second-order valence-electron chi connectivity index (χ2n) is 4.98. The molecule has 0 aromatic carbocycles. The third-order valence-corrected chi connectivity index (χ3v) is 3.88. The van der Waals surface area contributed by atoms with E-state index in [1.807, 2.05) is 6.92 Å². The standard InChI is InChI=1S/C13H24N2O2/c1-2-17-13(16)12-5-3-4-10-15(12)11-6-8-14-9-7-11/h11-12,14H,2-10H2,1H3/t12-/m1/s1. The van der Waals surface area contributed by atoms with Crippen molar-refractivity contribution in [2.75, 3.05) is 26.2 Å². The molecule has 4 heteroatoms. The molecular formula is C13H24N2O2. The van der Waals surface area contributed by atoms with Gasteiger partial charge >= 0.3 is 5.97 Å². The third-order valence-electron chi connectivity index (χ3n) is 3.88. The molecule has 2 fully saturated rings. The number of carbonyl (C=O) groups is 1. The van der Waals surface area contributed by atoms with Crippen LogP contribution in [0.3, 0.4) is 0 Å². The summed E-state index contributed by atoms with van der Waals surface area (Å²) in [6.07, 6.45) is 5.68. The van der Waals surface area contributed by atoms with E-state index in [4.69, 9.17) is 4.74 Å². The van der Waals surface area contributed by atoms with Crippen LogP contribution in [0.15, 0.2) is 0 Å². The minimum absolute atomic E-state index is 0.00858. The monoisotopic (exact) mass is 240 g/mol. The molecule has 0 aromatic heterocycles. The molecule has 2 rings (SSSR count). The topological polar surface area (TPSA) is 41.6 Å². The minimum atomic E-state index is -0.00858. The summed E-state index contributed by atoms with van der Waals surface area (Å²) < 4.78 is 5.21. The van der Waals surface area contributed by atoms with E-state index in [1.165, 1.54) is 6.42 Å². The molecule has 17 heavy (non-hydrogen) atoms. The predicted octanol–water partition coefficient (Wildman–Crippen LogP) is 1.16. The van der Waals surface area contributed by atoms with Gasteiger partial charge < -0.3 is 10.1 Å². The maximum absolute atomic E-state index is 12.0. The van der Waals surface area contributed by atoms with Crippen molar-refractivity contribution in [3.8, 4) is 0 Å². The van der Waals surface area contributed by atoms with Crippen LogP contribution in [-0.4, -0.2) is 49.2 Å². The lowest BCUT2D eigenvalue weighted by Gasteiger charge is -2.41. The van der Waals surface area contributed by atoms with Crippen LogP contribution in [0.5, 0.6) is 0 Å². The molecule has 0 unspecified atom stereocenters. The summed E-state index contributed by atoms with van der Waals surface area (Å²) in [6.45, 7) is 5.60. The SMILES string of the molecule is CCOC(=O)[C@H]1CCCCN1C1CCNCC1. The van der Waals surface area contributed by atoms with Crippen molar-refractivity contribution in [3.05, 3.63) is 0 Å². The van der Waals surface area contributed by atoms with Gasteiger partial charge in [0.15, 0.2) is 0 Å². The molecule has 0 saturated carbocycles. The molecule has 2 heterocycles.